The lowest BCUT2D eigenvalue weighted by Crippen LogP contribution is -2.34. The van der Waals surface area contributed by atoms with Crippen LogP contribution in [0.4, 0.5) is 0 Å². The molecule has 2 rings (SSSR count). The van der Waals surface area contributed by atoms with E-state index in [0.717, 1.165) is 22.6 Å². The Labute approximate surface area is 139 Å². The fourth-order valence-electron chi connectivity index (χ4n) is 2.00. The van der Waals surface area contributed by atoms with Crippen molar-refractivity contribution in [1.82, 2.24) is 0 Å². The lowest BCUT2D eigenvalue weighted by molar-refractivity contribution is 0.164. The van der Waals surface area contributed by atoms with Crippen LogP contribution in [0, 0.1) is 0 Å². The molecule has 0 atom stereocenters. The molecule has 0 aromatic heterocycles. The van der Waals surface area contributed by atoms with Crippen LogP contribution < -0.4 is 9.47 Å². The molecule has 0 saturated carbocycles. The molecule has 0 aliphatic carbocycles. The van der Waals surface area contributed by atoms with Crippen LogP contribution in [0.3, 0.4) is 0 Å². The van der Waals surface area contributed by atoms with Gasteiger partial charge in [-0.25, -0.2) is 0 Å². The van der Waals surface area contributed by atoms with Crippen LogP contribution in [0.1, 0.15) is 11.1 Å². The molecule has 2 aromatic carbocycles. The Morgan fingerprint density at radius 2 is 1.00 bits per heavy atom. The van der Waals surface area contributed by atoms with E-state index in [2.05, 4.69) is 13.1 Å². The monoisotopic (exact) mass is 332 g/mol. The van der Waals surface area contributed by atoms with E-state index in [1.165, 1.54) is 0 Å². The van der Waals surface area contributed by atoms with E-state index in [0.29, 0.717) is 13.2 Å². The molecule has 124 valence electrons. The zero-order chi connectivity index (χ0) is 16.7. The van der Waals surface area contributed by atoms with Crippen molar-refractivity contribution >= 4 is 8.56 Å². The summed E-state index contributed by atoms with van der Waals surface area (Å²) < 4.78 is 22.3. The maximum atomic E-state index is 6.01. The molecule has 0 aliphatic rings. The number of ether oxygens (including phenoxy) is 2. The van der Waals surface area contributed by atoms with Crippen molar-refractivity contribution in [1.29, 1.82) is 0 Å². The van der Waals surface area contributed by atoms with Crippen molar-refractivity contribution in [3.05, 3.63) is 59.7 Å². The standard InChI is InChI=1S/C18H24O4Si/c1-19-17-9-5-15(6-10-17)13-21-23(3,4)22-14-16-7-11-18(20-2)12-8-16/h5-12H,13-14H2,1-4H3. The summed E-state index contributed by atoms with van der Waals surface area (Å²) in [5.74, 6) is 1.70. The smallest absolute Gasteiger partial charge is 0.332 e. The molecule has 0 amide bonds. The number of methoxy groups -OCH3 is 2. The van der Waals surface area contributed by atoms with Gasteiger partial charge in [0.25, 0.3) is 0 Å². The SMILES string of the molecule is COc1ccc(CO[Si](C)(C)OCc2ccc(OC)cc2)cc1. The number of hydrogen-bond acceptors (Lipinski definition) is 4. The molecule has 0 N–H and O–H groups in total. The molecule has 0 bridgehead atoms. The molecule has 0 radical (unpaired) electrons. The van der Waals surface area contributed by atoms with Crippen LogP contribution in [0.2, 0.25) is 13.1 Å². The first kappa shape index (κ1) is 17.5. The summed E-state index contributed by atoms with van der Waals surface area (Å²) in [7, 11) is 1.15. The molecule has 23 heavy (non-hydrogen) atoms. The summed E-state index contributed by atoms with van der Waals surface area (Å²) >= 11 is 0. The third-order valence-electron chi connectivity index (χ3n) is 3.49. The maximum Gasteiger partial charge on any atom is 0.332 e. The lowest BCUT2D eigenvalue weighted by Gasteiger charge is -2.23. The molecule has 0 aliphatic heterocycles. The molecule has 0 fully saturated rings. The van der Waals surface area contributed by atoms with Crippen LogP contribution in [0.15, 0.2) is 48.5 Å². The van der Waals surface area contributed by atoms with Crippen LogP contribution in [-0.4, -0.2) is 22.8 Å². The third kappa shape index (κ3) is 5.71. The van der Waals surface area contributed by atoms with Crippen molar-refractivity contribution in [2.45, 2.75) is 26.3 Å². The average Bonchev–Trinajstić information content (AvgIpc) is 2.59. The van der Waals surface area contributed by atoms with E-state index in [1.54, 1.807) is 14.2 Å². The average molecular weight is 332 g/mol. The Bertz CT molecular complexity index is 540. The van der Waals surface area contributed by atoms with E-state index in [9.17, 15) is 0 Å². The molecule has 0 saturated heterocycles. The van der Waals surface area contributed by atoms with Gasteiger partial charge in [-0.3, -0.25) is 0 Å². The van der Waals surface area contributed by atoms with E-state index in [1.807, 2.05) is 48.5 Å². The maximum absolute atomic E-state index is 6.01. The summed E-state index contributed by atoms with van der Waals surface area (Å²) in [5.41, 5.74) is 2.22. The molecular weight excluding hydrogens is 308 g/mol. The van der Waals surface area contributed by atoms with Crippen molar-refractivity contribution in [2.24, 2.45) is 0 Å². The fourth-order valence-corrected chi connectivity index (χ4v) is 3.11. The van der Waals surface area contributed by atoms with E-state index >= 15 is 0 Å². The second-order valence-corrected chi connectivity index (χ2v) is 9.05. The van der Waals surface area contributed by atoms with Crippen molar-refractivity contribution < 1.29 is 18.3 Å². The van der Waals surface area contributed by atoms with Gasteiger partial charge in [0, 0.05) is 0 Å². The van der Waals surface area contributed by atoms with Crippen LogP contribution >= 0.6 is 0 Å². The highest BCUT2D eigenvalue weighted by atomic mass is 28.4. The molecule has 0 spiro atoms. The zero-order valence-corrected chi connectivity index (χ0v) is 15.2. The minimum atomic E-state index is -2.18. The summed E-state index contributed by atoms with van der Waals surface area (Å²) in [5, 5.41) is 0. The highest BCUT2D eigenvalue weighted by Gasteiger charge is 2.24. The van der Waals surface area contributed by atoms with Gasteiger partial charge in [0.2, 0.25) is 0 Å². The van der Waals surface area contributed by atoms with Crippen LogP contribution in [0.5, 0.6) is 11.5 Å². The van der Waals surface area contributed by atoms with Gasteiger partial charge in [0.15, 0.2) is 0 Å². The number of benzene rings is 2. The van der Waals surface area contributed by atoms with Crippen LogP contribution in [0.25, 0.3) is 0 Å². The molecule has 4 nitrogen and oxygen atoms in total. The molecule has 2 aromatic rings. The van der Waals surface area contributed by atoms with Gasteiger partial charge < -0.3 is 18.3 Å². The van der Waals surface area contributed by atoms with Crippen molar-refractivity contribution in [3.63, 3.8) is 0 Å². The predicted molar refractivity (Wildman–Crippen MR) is 93.0 cm³/mol. The molecule has 0 heterocycles. The molecule has 5 heteroatoms. The first-order chi connectivity index (χ1) is 11.0. The van der Waals surface area contributed by atoms with E-state index < -0.39 is 8.56 Å². The number of rotatable bonds is 8. The van der Waals surface area contributed by atoms with Gasteiger partial charge in [0.1, 0.15) is 11.5 Å². The minimum Gasteiger partial charge on any atom is -0.497 e. The Kier molecular flexibility index (Phi) is 6.21. The van der Waals surface area contributed by atoms with E-state index in [-0.39, 0.29) is 0 Å². The van der Waals surface area contributed by atoms with Gasteiger partial charge in [-0.15, -0.1) is 0 Å². The first-order valence-corrected chi connectivity index (χ1v) is 10.4. The fraction of sp³-hybridized carbons (Fsp3) is 0.333. The Morgan fingerprint density at radius 1 is 0.652 bits per heavy atom. The van der Waals surface area contributed by atoms with Gasteiger partial charge in [-0.05, 0) is 48.5 Å². The van der Waals surface area contributed by atoms with Gasteiger partial charge in [-0.2, -0.15) is 0 Å². The third-order valence-corrected chi connectivity index (χ3v) is 5.17. The quantitative estimate of drug-likeness (QED) is 0.681. The summed E-state index contributed by atoms with van der Waals surface area (Å²) in [6.45, 7) is 5.21. The Balaban J connectivity index is 1.82. The molecular formula is C18H24O4Si. The van der Waals surface area contributed by atoms with Crippen LogP contribution in [-0.2, 0) is 22.1 Å². The minimum absolute atomic E-state index is 0.547. The Hall–Kier alpha value is -1.82. The predicted octanol–water partition coefficient (Wildman–Crippen LogP) is 4.14. The summed E-state index contributed by atoms with van der Waals surface area (Å²) in [6, 6.07) is 15.8. The Morgan fingerprint density at radius 3 is 1.30 bits per heavy atom. The van der Waals surface area contributed by atoms with Crippen molar-refractivity contribution in [2.75, 3.05) is 14.2 Å². The zero-order valence-electron chi connectivity index (χ0n) is 14.2. The summed E-state index contributed by atoms with van der Waals surface area (Å²) in [6.07, 6.45) is 0. The first-order valence-electron chi connectivity index (χ1n) is 7.56. The lowest BCUT2D eigenvalue weighted by atomic mass is 10.2. The highest BCUT2D eigenvalue weighted by Crippen LogP contribution is 2.17. The van der Waals surface area contributed by atoms with Gasteiger partial charge >= 0.3 is 8.56 Å². The topological polar surface area (TPSA) is 36.9 Å². The second kappa shape index (κ2) is 8.15. The number of hydrogen-bond donors (Lipinski definition) is 0. The second-order valence-electron chi connectivity index (χ2n) is 5.67. The largest absolute Gasteiger partial charge is 0.497 e. The summed E-state index contributed by atoms with van der Waals surface area (Å²) in [4.78, 5) is 0. The van der Waals surface area contributed by atoms with E-state index in [4.69, 9.17) is 18.3 Å². The highest BCUT2D eigenvalue weighted by molar-refractivity contribution is 6.64. The van der Waals surface area contributed by atoms with Crippen molar-refractivity contribution in [3.8, 4) is 11.5 Å². The van der Waals surface area contributed by atoms with Gasteiger partial charge in [-0.1, -0.05) is 24.3 Å². The van der Waals surface area contributed by atoms with Gasteiger partial charge in [0.05, 0.1) is 27.4 Å². The normalized spacial score (nSPS) is 11.3. The molecule has 0 unspecified atom stereocenters.